The van der Waals surface area contributed by atoms with Gasteiger partial charge < -0.3 is 4.74 Å². The van der Waals surface area contributed by atoms with Crippen LogP contribution in [0.4, 0.5) is 0 Å². The van der Waals surface area contributed by atoms with E-state index in [0.29, 0.717) is 12.6 Å². The molecule has 1 heterocycles. The zero-order chi connectivity index (χ0) is 16.1. The predicted octanol–water partition coefficient (Wildman–Crippen LogP) is 4.26. The van der Waals surface area contributed by atoms with Crippen LogP contribution in [0.3, 0.4) is 0 Å². The van der Waals surface area contributed by atoms with Gasteiger partial charge in [-0.15, -0.1) is 0 Å². The molecule has 0 spiro atoms. The fourth-order valence-corrected chi connectivity index (χ4v) is 2.42. The van der Waals surface area contributed by atoms with E-state index in [9.17, 15) is 0 Å². The molecule has 0 bridgehead atoms. The first kappa shape index (κ1) is 15.2. The van der Waals surface area contributed by atoms with Crippen LogP contribution in [0.5, 0.6) is 6.01 Å². The summed E-state index contributed by atoms with van der Waals surface area (Å²) in [4.78, 5) is 8.88. The summed E-state index contributed by atoms with van der Waals surface area (Å²) in [6.07, 6.45) is 2.63. The number of benzene rings is 2. The molecule has 3 heteroatoms. The Bertz CT molecular complexity index is 785. The van der Waals surface area contributed by atoms with Gasteiger partial charge in [-0.05, 0) is 36.1 Å². The van der Waals surface area contributed by atoms with E-state index in [2.05, 4.69) is 41.2 Å². The Kier molecular flexibility index (Phi) is 4.67. The second kappa shape index (κ2) is 7.05. The maximum atomic E-state index is 5.73. The highest BCUT2D eigenvalue weighted by Crippen LogP contribution is 2.17. The summed E-state index contributed by atoms with van der Waals surface area (Å²) in [7, 11) is 0. The Morgan fingerprint density at radius 1 is 0.870 bits per heavy atom. The van der Waals surface area contributed by atoms with Gasteiger partial charge in [0.15, 0.2) is 0 Å². The van der Waals surface area contributed by atoms with Gasteiger partial charge >= 0.3 is 6.01 Å². The number of ether oxygens (including phenoxy) is 1. The molecule has 23 heavy (non-hydrogen) atoms. The topological polar surface area (TPSA) is 35.0 Å². The van der Waals surface area contributed by atoms with Crippen LogP contribution in [0.2, 0.25) is 0 Å². The largest absolute Gasteiger partial charge is 0.459 e. The van der Waals surface area contributed by atoms with Crippen molar-refractivity contribution in [3.05, 3.63) is 88.7 Å². The maximum absolute atomic E-state index is 5.73. The molecule has 0 saturated carbocycles. The first-order valence-corrected chi connectivity index (χ1v) is 7.76. The van der Waals surface area contributed by atoms with Gasteiger partial charge in [0.05, 0.1) is 5.69 Å². The van der Waals surface area contributed by atoms with Crippen molar-refractivity contribution >= 4 is 0 Å². The Morgan fingerprint density at radius 3 is 2.39 bits per heavy atom. The van der Waals surface area contributed by atoms with Gasteiger partial charge in [0, 0.05) is 12.6 Å². The SMILES string of the molecule is Cc1ccccc1Cc1nc(OCc2ccccc2)ncc1C. The third-order valence-corrected chi connectivity index (χ3v) is 3.88. The Morgan fingerprint density at radius 2 is 1.61 bits per heavy atom. The quantitative estimate of drug-likeness (QED) is 0.706. The van der Waals surface area contributed by atoms with E-state index in [-0.39, 0.29) is 0 Å². The molecule has 2 aromatic carbocycles. The molecular formula is C20H20N2O. The zero-order valence-electron chi connectivity index (χ0n) is 13.5. The smallest absolute Gasteiger partial charge is 0.316 e. The summed E-state index contributed by atoms with van der Waals surface area (Å²) < 4.78 is 5.73. The molecule has 0 radical (unpaired) electrons. The average molecular weight is 304 g/mol. The number of rotatable bonds is 5. The summed E-state index contributed by atoms with van der Waals surface area (Å²) >= 11 is 0. The van der Waals surface area contributed by atoms with Gasteiger partial charge in [0.25, 0.3) is 0 Å². The molecule has 0 atom stereocenters. The highest BCUT2D eigenvalue weighted by Gasteiger charge is 2.08. The molecule has 0 aliphatic carbocycles. The third-order valence-electron chi connectivity index (χ3n) is 3.88. The number of aryl methyl sites for hydroxylation is 2. The second-order valence-corrected chi connectivity index (χ2v) is 5.66. The number of aromatic nitrogens is 2. The Labute approximate surface area is 137 Å². The first-order chi connectivity index (χ1) is 11.2. The standard InChI is InChI=1S/C20H20N2O/c1-15-8-6-7-11-18(15)12-19-16(2)13-21-20(22-19)23-14-17-9-4-3-5-10-17/h3-11,13H,12,14H2,1-2H3. The van der Waals surface area contributed by atoms with Gasteiger partial charge in [-0.3, -0.25) is 0 Å². The third kappa shape index (κ3) is 3.95. The van der Waals surface area contributed by atoms with Crippen LogP contribution in [-0.4, -0.2) is 9.97 Å². The van der Waals surface area contributed by atoms with Crippen LogP contribution in [0.15, 0.2) is 60.8 Å². The average Bonchev–Trinajstić information content (AvgIpc) is 2.58. The van der Waals surface area contributed by atoms with E-state index >= 15 is 0 Å². The first-order valence-electron chi connectivity index (χ1n) is 7.76. The van der Waals surface area contributed by atoms with Crippen molar-refractivity contribution in [3.8, 4) is 6.01 Å². The monoisotopic (exact) mass is 304 g/mol. The van der Waals surface area contributed by atoms with Gasteiger partial charge in [-0.2, -0.15) is 4.98 Å². The fourth-order valence-electron chi connectivity index (χ4n) is 2.42. The molecule has 0 aliphatic heterocycles. The van der Waals surface area contributed by atoms with Crippen LogP contribution < -0.4 is 4.74 Å². The predicted molar refractivity (Wildman–Crippen MR) is 91.5 cm³/mol. The molecule has 0 amide bonds. The summed E-state index contributed by atoms with van der Waals surface area (Å²) in [5, 5.41) is 0. The summed E-state index contributed by atoms with van der Waals surface area (Å²) in [5.41, 5.74) is 5.76. The molecule has 116 valence electrons. The van der Waals surface area contributed by atoms with E-state index in [1.807, 2.05) is 43.5 Å². The minimum atomic E-state index is 0.433. The minimum Gasteiger partial charge on any atom is -0.459 e. The normalized spacial score (nSPS) is 10.5. The molecule has 3 nitrogen and oxygen atoms in total. The minimum absolute atomic E-state index is 0.433. The van der Waals surface area contributed by atoms with E-state index in [4.69, 9.17) is 4.74 Å². The van der Waals surface area contributed by atoms with Crippen LogP contribution >= 0.6 is 0 Å². The van der Waals surface area contributed by atoms with E-state index in [0.717, 1.165) is 23.2 Å². The molecule has 0 saturated heterocycles. The van der Waals surface area contributed by atoms with Crippen LogP contribution in [0.1, 0.15) is 27.9 Å². The van der Waals surface area contributed by atoms with Gasteiger partial charge in [0.2, 0.25) is 0 Å². The molecular weight excluding hydrogens is 284 g/mol. The van der Waals surface area contributed by atoms with Crippen molar-refractivity contribution < 1.29 is 4.74 Å². The lowest BCUT2D eigenvalue weighted by Crippen LogP contribution is -2.04. The zero-order valence-corrected chi connectivity index (χ0v) is 13.5. The van der Waals surface area contributed by atoms with Crippen LogP contribution in [-0.2, 0) is 13.0 Å². The van der Waals surface area contributed by atoms with Gasteiger partial charge in [-0.1, -0.05) is 54.6 Å². The second-order valence-electron chi connectivity index (χ2n) is 5.66. The van der Waals surface area contributed by atoms with E-state index < -0.39 is 0 Å². The van der Waals surface area contributed by atoms with Crippen molar-refractivity contribution in [2.75, 3.05) is 0 Å². The molecule has 3 rings (SSSR count). The number of nitrogens with zero attached hydrogens (tertiary/aromatic N) is 2. The molecule has 1 aromatic heterocycles. The fraction of sp³-hybridized carbons (Fsp3) is 0.200. The van der Waals surface area contributed by atoms with Crippen LogP contribution in [0.25, 0.3) is 0 Å². The van der Waals surface area contributed by atoms with E-state index in [1.165, 1.54) is 11.1 Å². The summed E-state index contributed by atoms with van der Waals surface area (Å²) in [6, 6.07) is 18.9. The van der Waals surface area contributed by atoms with E-state index in [1.54, 1.807) is 0 Å². The molecule has 0 fully saturated rings. The van der Waals surface area contributed by atoms with Crippen molar-refractivity contribution in [3.63, 3.8) is 0 Å². The van der Waals surface area contributed by atoms with Crippen molar-refractivity contribution in [1.29, 1.82) is 0 Å². The molecule has 0 unspecified atom stereocenters. The summed E-state index contributed by atoms with van der Waals surface area (Å²) in [5.74, 6) is 0. The Balaban J connectivity index is 1.75. The lowest BCUT2D eigenvalue weighted by atomic mass is 10.0. The van der Waals surface area contributed by atoms with Gasteiger partial charge in [-0.25, -0.2) is 4.98 Å². The van der Waals surface area contributed by atoms with Crippen molar-refractivity contribution in [1.82, 2.24) is 9.97 Å². The summed E-state index contributed by atoms with van der Waals surface area (Å²) in [6.45, 7) is 4.64. The molecule has 0 N–H and O–H groups in total. The molecule has 3 aromatic rings. The highest BCUT2D eigenvalue weighted by molar-refractivity contribution is 5.32. The van der Waals surface area contributed by atoms with Gasteiger partial charge in [0.1, 0.15) is 6.61 Å². The van der Waals surface area contributed by atoms with Crippen molar-refractivity contribution in [2.45, 2.75) is 26.9 Å². The molecule has 0 aliphatic rings. The lowest BCUT2D eigenvalue weighted by Gasteiger charge is -2.10. The van der Waals surface area contributed by atoms with Crippen LogP contribution in [0, 0.1) is 13.8 Å². The lowest BCUT2D eigenvalue weighted by molar-refractivity contribution is 0.279. The number of hydrogen-bond donors (Lipinski definition) is 0. The van der Waals surface area contributed by atoms with Crippen molar-refractivity contribution in [2.24, 2.45) is 0 Å². The maximum Gasteiger partial charge on any atom is 0.316 e. The Hall–Kier alpha value is -2.68. The number of hydrogen-bond acceptors (Lipinski definition) is 3. The highest BCUT2D eigenvalue weighted by atomic mass is 16.5.